The van der Waals surface area contributed by atoms with Gasteiger partial charge in [-0.05, 0) is 43.5 Å². The van der Waals surface area contributed by atoms with Gasteiger partial charge in [-0.25, -0.2) is 8.42 Å². The van der Waals surface area contributed by atoms with Crippen molar-refractivity contribution in [3.8, 4) is 0 Å². The minimum atomic E-state index is -4.83. The van der Waals surface area contributed by atoms with Crippen LogP contribution in [0.2, 0.25) is 5.02 Å². The second-order valence-electron chi connectivity index (χ2n) is 8.68. The summed E-state index contributed by atoms with van der Waals surface area (Å²) in [6.07, 6.45) is -3.15. The molecule has 7 nitrogen and oxygen atoms in total. The van der Waals surface area contributed by atoms with E-state index in [0.717, 1.165) is 18.4 Å². The van der Waals surface area contributed by atoms with Gasteiger partial charge in [0.15, 0.2) is 0 Å². The normalized spacial score (nSPS) is 13.5. The largest absolute Gasteiger partial charge is 0.417 e. The molecular weight excluding hydrogens is 531 g/mol. The maximum Gasteiger partial charge on any atom is 0.417 e. The molecule has 0 saturated carbocycles. The summed E-state index contributed by atoms with van der Waals surface area (Å²) < 4.78 is 66.1. The van der Waals surface area contributed by atoms with E-state index in [2.05, 4.69) is 5.32 Å². The third kappa shape index (κ3) is 8.36. The van der Waals surface area contributed by atoms with Crippen LogP contribution in [0.1, 0.15) is 44.7 Å². The highest BCUT2D eigenvalue weighted by atomic mass is 35.5. The van der Waals surface area contributed by atoms with E-state index >= 15 is 0 Å². The van der Waals surface area contributed by atoms with Crippen molar-refractivity contribution in [2.75, 3.05) is 17.1 Å². The predicted octanol–water partition coefficient (Wildman–Crippen LogP) is 4.85. The zero-order chi connectivity index (χ0) is 28.0. The molecule has 0 saturated heterocycles. The van der Waals surface area contributed by atoms with Crippen molar-refractivity contribution >= 4 is 39.1 Å². The fourth-order valence-corrected chi connectivity index (χ4v) is 4.71. The van der Waals surface area contributed by atoms with Crippen LogP contribution in [0.25, 0.3) is 0 Å². The molecule has 2 amide bonds. The lowest BCUT2D eigenvalue weighted by Crippen LogP contribution is -2.53. The number of hydrogen-bond acceptors (Lipinski definition) is 4. The van der Waals surface area contributed by atoms with Gasteiger partial charge in [-0.15, -0.1) is 0 Å². The molecule has 2 atom stereocenters. The van der Waals surface area contributed by atoms with E-state index < -0.39 is 51.2 Å². The average Bonchev–Trinajstić information content (AvgIpc) is 2.81. The van der Waals surface area contributed by atoms with E-state index in [1.165, 1.54) is 4.90 Å². The number of nitrogens with one attached hydrogen (secondary N) is 1. The monoisotopic (exact) mass is 561 g/mol. The molecule has 204 valence electrons. The Labute approximate surface area is 220 Å². The zero-order valence-electron chi connectivity index (χ0n) is 21.0. The van der Waals surface area contributed by atoms with E-state index in [-0.39, 0.29) is 24.7 Å². The van der Waals surface area contributed by atoms with Crippen LogP contribution in [0.4, 0.5) is 18.9 Å². The summed E-state index contributed by atoms with van der Waals surface area (Å²) in [6, 6.07) is 10.3. The molecule has 0 aliphatic heterocycles. The Morgan fingerprint density at radius 3 is 2.19 bits per heavy atom. The number of anilines is 1. The minimum absolute atomic E-state index is 0.00186. The van der Waals surface area contributed by atoms with Crippen LogP contribution in [0.3, 0.4) is 0 Å². The number of nitrogens with zero attached hydrogens (tertiary/aromatic N) is 2. The zero-order valence-corrected chi connectivity index (χ0v) is 22.6. The van der Waals surface area contributed by atoms with Gasteiger partial charge in [-0.3, -0.25) is 13.9 Å². The second kappa shape index (κ2) is 12.6. The number of sulfonamides is 1. The highest BCUT2D eigenvalue weighted by Crippen LogP contribution is 2.37. The summed E-state index contributed by atoms with van der Waals surface area (Å²) in [7, 11) is -4.20. The Bertz CT molecular complexity index is 1190. The van der Waals surface area contributed by atoms with Crippen LogP contribution in [-0.2, 0) is 32.3 Å². The lowest BCUT2D eigenvalue weighted by molar-refractivity contribution is -0.140. The van der Waals surface area contributed by atoms with Crippen LogP contribution >= 0.6 is 11.6 Å². The van der Waals surface area contributed by atoms with Gasteiger partial charge in [0, 0.05) is 12.6 Å². The molecule has 0 spiro atoms. The van der Waals surface area contributed by atoms with Crippen LogP contribution in [0, 0.1) is 0 Å². The molecule has 0 aliphatic carbocycles. The van der Waals surface area contributed by atoms with E-state index in [1.54, 1.807) is 37.3 Å². The molecule has 0 fully saturated rings. The minimum Gasteiger partial charge on any atom is -0.352 e. The summed E-state index contributed by atoms with van der Waals surface area (Å²) >= 11 is 5.69. The van der Waals surface area contributed by atoms with Gasteiger partial charge in [-0.1, -0.05) is 55.8 Å². The molecule has 0 aliphatic rings. The van der Waals surface area contributed by atoms with Gasteiger partial charge < -0.3 is 10.2 Å². The quantitative estimate of drug-likeness (QED) is 0.425. The molecule has 0 aromatic heterocycles. The van der Waals surface area contributed by atoms with Crippen molar-refractivity contribution < 1.29 is 31.2 Å². The van der Waals surface area contributed by atoms with Crippen LogP contribution in [0.15, 0.2) is 48.5 Å². The maximum atomic E-state index is 13.6. The topological polar surface area (TPSA) is 86.8 Å². The van der Waals surface area contributed by atoms with Gasteiger partial charge in [-0.2, -0.15) is 13.2 Å². The van der Waals surface area contributed by atoms with E-state index in [0.29, 0.717) is 22.4 Å². The lowest BCUT2D eigenvalue weighted by Gasteiger charge is -2.33. The molecule has 2 unspecified atom stereocenters. The standard InChI is InChI=1S/C25H31ClF3N3O4S/c1-5-17(3)30-24(34)22(6-2)31(15-18-10-8-7-9-11-18)23(33)16-32(37(4,35)36)19-12-13-21(26)20(14-19)25(27,28)29/h7-14,17,22H,5-6,15-16H2,1-4H3,(H,30,34). The Balaban J connectivity index is 2.50. The highest BCUT2D eigenvalue weighted by molar-refractivity contribution is 7.92. The fraction of sp³-hybridized carbons (Fsp3) is 0.440. The first-order valence-corrected chi connectivity index (χ1v) is 13.9. The van der Waals surface area contributed by atoms with Gasteiger partial charge >= 0.3 is 6.18 Å². The molecule has 2 rings (SSSR count). The third-order valence-corrected chi connectivity index (χ3v) is 7.28. The van der Waals surface area contributed by atoms with Crippen LogP contribution < -0.4 is 9.62 Å². The molecule has 0 radical (unpaired) electrons. The molecular formula is C25H31ClF3N3O4S. The summed E-state index contributed by atoms with van der Waals surface area (Å²) in [5.74, 6) is -1.15. The Morgan fingerprint density at radius 1 is 1.05 bits per heavy atom. The summed E-state index contributed by atoms with van der Waals surface area (Å²) in [5.41, 5.74) is -0.903. The SMILES string of the molecule is CCC(C)NC(=O)C(CC)N(Cc1ccccc1)C(=O)CN(c1ccc(Cl)c(C(F)(F)F)c1)S(C)(=O)=O. The molecule has 0 bridgehead atoms. The smallest absolute Gasteiger partial charge is 0.352 e. The van der Waals surface area contributed by atoms with Gasteiger partial charge in [0.05, 0.1) is 22.5 Å². The van der Waals surface area contributed by atoms with Gasteiger partial charge in [0.1, 0.15) is 12.6 Å². The predicted molar refractivity (Wildman–Crippen MR) is 138 cm³/mol. The summed E-state index contributed by atoms with van der Waals surface area (Å²) in [5, 5.41) is 2.24. The first-order valence-electron chi connectivity index (χ1n) is 11.7. The van der Waals surface area contributed by atoms with Gasteiger partial charge in [0.25, 0.3) is 0 Å². The first-order chi connectivity index (χ1) is 17.2. The fourth-order valence-electron chi connectivity index (χ4n) is 3.64. The number of halogens is 4. The number of carbonyl (C=O) groups is 2. The van der Waals surface area contributed by atoms with E-state index in [4.69, 9.17) is 11.6 Å². The molecule has 2 aromatic carbocycles. The third-order valence-electron chi connectivity index (χ3n) is 5.81. The highest BCUT2D eigenvalue weighted by Gasteiger charge is 2.36. The number of carbonyl (C=O) groups excluding carboxylic acids is 2. The van der Waals surface area contributed by atoms with Crippen LogP contribution in [0.5, 0.6) is 0 Å². The molecule has 12 heteroatoms. The van der Waals surface area contributed by atoms with Crippen molar-refractivity contribution in [2.24, 2.45) is 0 Å². The van der Waals surface area contributed by atoms with Crippen molar-refractivity contribution in [3.63, 3.8) is 0 Å². The average molecular weight is 562 g/mol. The van der Waals surface area contributed by atoms with Crippen molar-refractivity contribution in [1.29, 1.82) is 0 Å². The summed E-state index contributed by atoms with van der Waals surface area (Å²) in [4.78, 5) is 27.9. The van der Waals surface area contributed by atoms with Crippen LogP contribution in [-0.4, -0.2) is 50.0 Å². The van der Waals surface area contributed by atoms with Crippen molar-refractivity contribution in [1.82, 2.24) is 10.2 Å². The van der Waals surface area contributed by atoms with Crippen molar-refractivity contribution in [2.45, 2.75) is 58.4 Å². The lowest BCUT2D eigenvalue weighted by atomic mass is 10.1. The number of hydrogen-bond donors (Lipinski definition) is 1. The summed E-state index contributed by atoms with van der Waals surface area (Å²) in [6.45, 7) is 4.62. The number of rotatable bonds is 11. The van der Waals surface area contributed by atoms with E-state index in [9.17, 15) is 31.2 Å². The number of amides is 2. The number of alkyl halides is 3. The molecule has 2 aromatic rings. The molecule has 37 heavy (non-hydrogen) atoms. The molecule has 1 N–H and O–H groups in total. The molecule has 0 heterocycles. The first kappa shape index (κ1) is 30.4. The van der Waals surface area contributed by atoms with E-state index in [1.807, 2.05) is 13.8 Å². The second-order valence-corrected chi connectivity index (χ2v) is 11.0. The van der Waals surface area contributed by atoms with Crippen molar-refractivity contribution in [3.05, 3.63) is 64.7 Å². The Kier molecular flexibility index (Phi) is 10.4. The Hall–Kier alpha value is -2.79. The number of benzene rings is 2. The maximum absolute atomic E-state index is 13.6. The van der Waals surface area contributed by atoms with Gasteiger partial charge in [0.2, 0.25) is 21.8 Å². The Morgan fingerprint density at radius 2 is 1.68 bits per heavy atom.